The molecule has 0 atom stereocenters. The van der Waals surface area contributed by atoms with E-state index >= 15 is 0 Å². The normalized spacial score (nSPS) is 10.4. The Morgan fingerprint density at radius 1 is 1.11 bits per heavy atom. The summed E-state index contributed by atoms with van der Waals surface area (Å²) in [7, 11) is 0. The van der Waals surface area contributed by atoms with Gasteiger partial charge in [0.2, 0.25) is 5.91 Å². The van der Waals surface area contributed by atoms with Gasteiger partial charge in [-0.1, -0.05) is 13.0 Å². The first-order chi connectivity index (χ1) is 13.5. The number of hydrogen-bond donors (Lipinski definition) is 2. The summed E-state index contributed by atoms with van der Waals surface area (Å²) in [5.41, 5.74) is 2.76. The third-order valence-electron chi connectivity index (χ3n) is 3.79. The van der Waals surface area contributed by atoms with Gasteiger partial charge in [-0.15, -0.1) is 11.3 Å². The lowest BCUT2D eigenvalue weighted by atomic mass is 10.2. The van der Waals surface area contributed by atoms with E-state index in [1.54, 1.807) is 24.3 Å². The first-order valence-corrected chi connectivity index (χ1v) is 9.81. The van der Waals surface area contributed by atoms with E-state index in [0.29, 0.717) is 23.0 Å². The zero-order valence-electron chi connectivity index (χ0n) is 15.7. The van der Waals surface area contributed by atoms with Crippen molar-refractivity contribution in [3.8, 4) is 17.0 Å². The summed E-state index contributed by atoms with van der Waals surface area (Å²) in [4.78, 5) is 28.1. The van der Waals surface area contributed by atoms with Crippen LogP contribution in [-0.2, 0) is 4.79 Å². The molecule has 7 heteroatoms. The molecule has 28 heavy (non-hydrogen) atoms. The van der Waals surface area contributed by atoms with Crippen LogP contribution in [0.25, 0.3) is 11.3 Å². The molecule has 0 spiro atoms. The van der Waals surface area contributed by atoms with Crippen LogP contribution >= 0.6 is 11.3 Å². The van der Waals surface area contributed by atoms with Crippen LogP contribution in [0.5, 0.6) is 5.75 Å². The van der Waals surface area contributed by atoms with E-state index in [-0.39, 0.29) is 11.8 Å². The van der Waals surface area contributed by atoms with Gasteiger partial charge < -0.3 is 10.1 Å². The molecule has 0 bridgehead atoms. The van der Waals surface area contributed by atoms with Gasteiger partial charge in [0.25, 0.3) is 5.91 Å². The van der Waals surface area contributed by atoms with Gasteiger partial charge in [0, 0.05) is 29.1 Å². The Labute approximate surface area is 167 Å². The van der Waals surface area contributed by atoms with Crippen molar-refractivity contribution < 1.29 is 14.3 Å². The number of hydrogen-bond acceptors (Lipinski definition) is 5. The van der Waals surface area contributed by atoms with Crippen molar-refractivity contribution in [1.29, 1.82) is 0 Å². The maximum atomic E-state index is 12.5. The summed E-state index contributed by atoms with van der Waals surface area (Å²) in [5, 5.41) is 7.87. The number of aromatic nitrogens is 1. The molecule has 0 aliphatic heterocycles. The van der Waals surface area contributed by atoms with Crippen molar-refractivity contribution >= 4 is 34.0 Å². The Bertz CT molecular complexity index is 967. The SMILES string of the molecule is CCCOc1ccc(-c2csc(NC(=O)c3cccc(NC(C)=O)c3)n2)cc1. The van der Waals surface area contributed by atoms with Crippen LogP contribution in [0.2, 0.25) is 0 Å². The number of ether oxygens (including phenoxy) is 1. The smallest absolute Gasteiger partial charge is 0.257 e. The van der Waals surface area contributed by atoms with E-state index in [9.17, 15) is 9.59 Å². The second kappa shape index (κ2) is 9.14. The lowest BCUT2D eigenvalue weighted by Crippen LogP contribution is -2.13. The first kappa shape index (κ1) is 19.6. The summed E-state index contributed by atoms with van der Waals surface area (Å²) >= 11 is 1.36. The molecule has 144 valence electrons. The van der Waals surface area contributed by atoms with Crippen LogP contribution in [-0.4, -0.2) is 23.4 Å². The van der Waals surface area contributed by atoms with E-state index < -0.39 is 0 Å². The Hall–Kier alpha value is -3.19. The molecule has 2 amide bonds. The van der Waals surface area contributed by atoms with E-state index in [4.69, 9.17) is 4.74 Å². The molecule has 1 aromatic heterocycles. The minimum Gasteiger partial charge on any atom is -0.494 e. The van der Waals surface area contributed by atoms with Gasteiger partial charge in [-0.3, -0.25) is 14.9 Å². The molecule has 0 unspecified atom stereocenters. The third kappa shape index (κ3) is 5.17. The number of anilines is 2. The number of nitrogens with zero attached hydrogens (tertiary/aromatic N) is 1. The topological polar surface area (TPSA) is 80.3 Å². The highest BCUT2D eigenvalue weighted by atomic mass is 32.1. The number of thiazole rings is 1. The van der Waals surface area contributed by atoms with Gasteiger partial charge in [-0.25, -0.2) is 4.98 Å². The second-order valence-electron chi connectivity index (χ2n) is 6.13. The number of amides is 2. The molecular formula is C21H21N3O3S. The molecule has 0 saturated carbocycles. The third-order valence-corrected chi connectivity index (χ3v) is 4.55. The van der Waals surface area contributed by atoms with Gasteiger partial charge >= 0.3 is 0 Å². The number of carbonyl (C=O) groups excluding carboxylic acids is 2. The monoisotopic (exact) mass is 395 g/mol. The van der Waals surface area contributed by atoms with E-state index in [2.05, 4.69) is 22.5 Å². The molecule has 3 rings (SSSR count). The average Bonchev–Trinajstić information content (AvgIpc) is 3.15. The molecule has 6 nitrogen and oxygen atoms in total. The minimum atomic E-state index is -0.281. The van der Waals surface area contributed by atoms with Crippen molar-refractivity contribution in [1.82, 2.24) is 4.98 Å². The fourth-order valence-electron chi connectivity index (χ4n) is 2.52. The molecule has 0 aliphatic rings. The van der Waals surface area contributed by atoms with Crippen LogP contribution in [0.4, 0.5) is 10.8 Å². The van der Waals surface area contributed by atoms with Crippen LogP contribution in [0.15, 0.2) is 53.9 Å². The van der Waals surface area contributed by atoms with Gasteiger partial charge in [0.1, 0.15) is 5.75 Å². The average molecular weight is 395 g/mol. The molecule has 1 heterocycles. The summed E-state index contributed by atoms with van der Waals surface area (Å²) < 4.78 is 5.59. The lowest BCUT2D eigenvalue weighted by molar-refractivity contribution is -0.114. The Kier molecular flexibility index (Phi) is 6.39. The van der Waals surface area contributed by atoms with Gasteiger partial charge in [-0.05, 0) is 48.9 Å². The van der Waals surface area contributed by atoms with E-state index in [0.717, 1.165) is 23.4 Å². The first-order valence-electron chi connectivity index (χ1n) is 8.93. The quantitative estimate of drug-likeness (QED) is 0.602. The molecule has 0 aliphatic carbocycles. The molecule has 0 fully saturated rings. The predicted molar refractivity (Wildman–Crippen MR) is 112 cm³/mol. The van der Waals surface area contributed by atoms with Crippen LogP contribution in [0, 0.1) is 0 Å². The molecule has 3 aromatic rings. The van der Waals surface area contributed by atoms with Crippen molar-refractivity contribution in [2.24, 2.45) is 0 Å². The number of nitrogens with one attached hydrogen (secondary N) is 2. The van der Waals surface area contributed by atoms with E-state index in [1.807, 2.05) is 29.6 Å². The van der Waals surface area contributed by atoms with Crippen LogP contribution < -0.4 is 15.4 Å². The molecular weight excluding hydrogens is 374 g/mol. The number of benzene rings is 2. The van der Waals surface area contributed by atoms with Crippen molar-refractivity contribution in [3.63, 3.8) is 0 Å². The Balaban J connectivity index is 1.67. The fourth-order valence-corrected chi connectivity index (χ4v) is 3.23. The zero-order chi connectivity index (χ0) is 19.9. The molecule has 0 saturated heterocycles. The molecule has 2 aromatic carbocycles. The summed E-state index contributed by atoms with van der Waals surface area (Å²) in [6.45, 7) is 4.18. The van der Waals surface area contributed by atoms with Crippen LogP contribution in [0.3, 0.4) is 0 Å². The Morgan fingerprint density at radius 2 is 1.89 bits per heavy atom. The molecule has 2 N–H and O–H groups in total. The minimum absolute atomic E-state index is 0.187. The molecule has 0 radical (unpaired) electrons. The predicted octanol–water partition coefficient (Wildman–Crippen LogP) is 4.81. The highest BCUT2D eigenvalue weighted by Crippen LogP contribution is 2.27. The highest BCUT2D eigenvalue weighted by Gasteiger charge is 2.11. The highest BCUT2D eigenvalue weighted by molar-refractivity contribution is 7.14. The maximum absolute atomic E-state index is 12.5. The Morgan fingerprint density at radius 3 is 2.61 bits per heavy atom. The fraction of sp³-hybridized carbons (Fsp3) is 0.190. The second-order valence-corrected chi connectivity index (χ2v) is 6.98. The van der Waals surface area contributed by atoms with Crippen molar-refractivity contribution in [2.75, 3.05) is 17.2 Å². The van der Waals surface area contributed by atoms with Crippen molar-refractivity contribution in [3.05, 3.63) is 59.5 Å². The van der Waals surface area contributed by atoms with Gasteiger partial charge in [0.05, 0.1) is 12.3 Å². The summed E-state index contributed by atoms with van der Waals surface area (Å²) in [6, 6.07) is 14.5. The number of rotatable bonds is 7. The van der Waals surface area contributed by atoms with Crippen molar-refractivity contribution in [2.45, 2.75) is 20.3 Å². The lowest BCUT2D eigenvalue weighted by Gasteiger charge is -2.06. The summed E-state index contributed by atoms with van der Waals surface area (Å²) in [6.07, 6.45) is 0.963. The largest absolute Gasteiger partial charge is 0.494 e. The number of carbonyl (C=O) groups is 2. The standard InChI is InChI=1S/C21H21N3O3S/c1-3-11-27-18-9-7-15(8-10-18)19-13-28-21(23-19)24-20(26)16-5-4-6-17(12-16)22-14(2)25/h4-10,12-13H,3,11H2,1-2H3,(H,22,25)(H,23,24,26). The van der Waals surface area contributed by atoms with E-state index in [1.165, 1.54) is 18.3 Å². The zero-order valence-corrected chi connectivity index (χ0v) is 16.5. The van der Waals surface area contributed by atoms with Gasteiger partial charge in [0.15, 0.2) is 5.13 Å². The van der Waals surface area contributed by atoms with Crippen LogP contribution in [0.1, 0.15) is 30.6 Å². The maximum Gasteiger partial charge on any atom is 0.257 e. The summed E-state index contributed by atoms with van der Waals surface area (Å²) in [5.74, 6) is 0.359. The van der Waals surface area contributed by atoms with Gasteiger partial charge in [-0.2, -0.15) is 0 Å².